The van der Waals surface area contributed by atoms with E-state index < -0.39 is 22.0 Å². The Balaban J connectivity index is 2.01. The van der Waals surface area contributed by atoms with Gasteiger partial charge in [-0.05, 0) is 48.6 Å². The van der Waals surface area contributed by atoms with Gasteiger partial charge in [0.2, 0.25) is 5.75 Å². The number of carbonyl (C=O) groups is 2. The lowest BCUT2D eigenvalue weighted by Gasteiger charge is -2.34. The second-order valence-electron chi connectivity index (χ2n) is 6.43. The Bertz CT molecular complexity index is 896. The summed E-state index contributed by atoms with van der Waals surface area (Å²) in [5, 5.41) is 21.2. The minimum absolute atomic E-state index is 0.198. The third kappa shape index (κ3) is 3.50. The number of nitrogens with zero attached hydrogens (tertiary/aromatic N) is 1. The summed E-state index contributed by atoms with van der Waals surface area (Å²) in [6.07, 6.45) is 2.75. The van der Waals surface area contributed by atoms with Crippen molar-refractivity contribution < 1.29 is 24.4 Å². The summed E-state index contributed by atoms with van der Waals surface area (Å²) in [5.74, 6) is -1.69. The maximum Gasteiger partial charge on any atom is 0.339 e. The maximum atomic E-state index is 12.0. The number of hydrogen-bond donors (Lipinski definition) is 1. The number of fused-ring (bicyclic) bond motifs is 1. The first-order valence-electron chi connectivity index (χ1n) is 8.27. The molecule has 1 unspecified atom stereocenters. The first-order valence-corrected chi connectivity index (χ1v) is 8.64. The van der Waals surface area contributed by atoms with E-state index in [0.717, 1.165) is 30.3 Å². The Labute approximate surface area is 159 Å². The van der Waals surface area contributed by atoms with E-state index in [4.69, 9.17) is 16.3 Å². The lowest BCUT2D eigenvalue weighted by Crippen LogP contribution is -2.38. The third-order valence-electron chi connectivity index (χ3n) is 4.79. The fraction of sp³-hybridized carbons (Fsp3) is 0.263. The monoisotopic (exact) mass is 389 g/mol. The number of benzene rings is 2. The molecular formula is C19H16ClNO6. The van der Waals surface area contributed by atoms with Gasteiger partial charge in [0.25, 0.3) is 0 Å². The number of halogens is 1. The van der Waals surface area contributed by atoms with E-state index in [2.05, 4.69) is 0 Å². The molecule has 7 nitrogen and oxygen atoms in total. The van der Waals surface area contributed by atoms with Crippen molar-refractivity contribution in [3.63, 3.8) is 0 Å². The molecule has 0 bridgehead atoms. The zero-order chi connectivity index (χ0) is 19.6. The Morgan fingerprint density at radius 2 is 2.15 bits per heavy atom. The zero-order valence-corrected chi connectivity index (χ0v) is 14.9. The molecule has 8 heteroatoms. The Morgan fingerprint density at radius 1 is 1.37 bits per heavy atom. The van der Waals surface area contributed by atoms with Gasteiger partial charge in [-0.1, -0.05) is 23.7 Å². The number of aryl methyl sites for hydroxylation is 1. The maximum absolute atomic E-state index is 12.0. The van der Waals surface area contributed by atoms with E-state index in [0.29, 0.717) is 11.4 Å². The third-order valence-corrected chi connectivity index (χ3v) is 5.03. The van der Waals surface area contributed by atoms with Crippen LogP contribution in [0.1, 0.15) is 34.3 Å². The van der Waals surface area contributed by atoms with Gasteiger partial charge in [0.15, 0.2) is 0 Å². The van der Waals surface area contributed by atoms with Gasteiger partial charge in [-0.25, -0.2) is 4.79 Å². The first-order chi connectivity index (χ1) is 12.9. The predicted molar refractivity (Wildman–Crippen MR) is 97.7 cm³/mol. The molecular weight excluding hydrogens is 374 g/mol. The molecule has 1 aliphatic rings. The van der Waals surface area contributed by atoms with Gasteiger partial charge in [0.1, 0.15) is 18.5 Å². The summed E-state index contributed by atoms with van der Waals surface area (Å²) in [7, 11) is 0. The van der Waals surface area contributed by atoms with Gasteiger partial charge in [-0.2, -0.15) is 0 Å². The number of para-hydroxylation sites is 1. The largest absolute Gasteiger partial charge is 0.485 e. The average molecular weight is 390 g/mol. The molecule has 0 spiro atoms. The van der Waals surface area contributed by atoms with Crippen LogP contribution in [0, 0.1) is 10.1 Å². The van der Waals surface area contributed by atoms with E-state index >= 15 is 0 Å². The summed E-state index contributed by atoms with van der Waals surface area (Å²) >= 11 is 6.04. The lowest BCUT2D eigenvalue weighted by atomic mass is 9.71. The molecule has 2 aromatic carbocycles. The highest BCUT2D eigenvalue weighted by molar-refractivity contribution is 6.30. The van der Waals surface area contributed by atoms with Crippen LogP contribution in [0.4, 0.5) is 5.69 Å². The highest BCUT2D eigenvalue weighted by Crippen LogP contribution is 2.39. The molecule has 0 radical (unpaired) electrons. The number of aldehydes is 1. The topological polar surface area (TPSA) is 107 Å². The predicted octanol–water partition coefficient (Wildman–Crippen LogP) is 3.80. The van der Waals surface area contributed by atoms with Crippen LogP contribution in [0.3, 0.4) is 0 Å². The molecule has 0 aliphatic heterocycles. The number of carboxylic acids is 1. The van der Waals surface area contributed by atoms with Gasteiger partial charge >= 0.3 is 11.7 Å². The van der Waals surface area contributed by atoms with Crippen molar-refractivity contribution in [3.05, 3.63) is 68.2 Å². The summed E-state index contributed by atoms with van der Waals surface area (Å²) in [6, 6.07) is 8.91. The van der Waals surface area contributed by atoms with E-state index in [1.165, 1.54) is 18.2 Å². The molecule has 0 saturated carbocycles. The molecule has 0 aromatic heterocycles. The SMILES string of the molecule is O=CC1(COc2c(C(=O)O)cccc2[N+](=O)[O-])CCCc2cc(Cl)ccc21. The molecule has 0 fully saturated rings. The summed E-state index contributed by atoms with van der Waals surface area (Å²) in [6.45, 7) is -0.198. The Hall–Kier alpha value is -2.93. The summed E-state index contributed by atoms with van der Waals surface area (Å²) in [5.41, 5.74) is -0.118. The van der Waals surface area contributed by atoms with Crippen LogP contribution in [0.15, 0.2) is 36.4 Å². The molecule has 1 N–H and O–H groups in total. The highest BCUT2D eigenvalue weighted by atomic mass is 35.5. The van der Waals surface area contributed by atoms with Crippen LogP contribution >= 0.6 is 11.6 Å². The number of rotatable bonds is 6. The minimum Gasteiger partial charge on any atom is -0.485 e. The first kappa shape index (κ1) is 18.8. The zero-order valence-electron chi connectivity index (χ0n) is 14.2. The normalized spacial score (nSPS) is 18.4. The molecule has 140 valence electrons. The number of hydrogen-bond acceptors (Lipinski definition) is 5. The van der Waals surface area contributed by atoms with Crippen molar-refractivity contribution in [1.82, 2.24) is 0 Å². The fourth-order valence-corrected chi connectivity index (χ4v) is 3.67. The van der Waals surface area contributed by atoms with E-state index in [1.54, 1.807) is 18.2 Å². The molecule has 27 heavy (non-hydrogen) atoms. The van der Waals surface area contributed by atoms with E-state index in [1.807, 2.05) is 0 Å². The smallest absolute Gasteiger partial charge is 0.339 e. The van der Waals surface area contributed by atoms with Gasteiger partial charge in [0, 0.05) is 11.1 Å². The number of nitro benzene ring substituents is 1. The van der Waals surface area contributed by atoms with Crippen molar-refractivity contribution in [1.29, 1.82) is 0 Å². The van der Waals surface area contributed by atoms with Crippen LogP contribution in [0.25, 0.3) is 0 Å². The van der Waals surface area contributed by atoms with Crippen LogP contribution in [0.5, 0.6) is 5.75 Å². The number of aromatic carboxylic acids is 1. The van der Waals surface area contributed by atoms with Crippen molar-refractivity contribution in [3.8, 4) is 5.75 Å². The van der Waals surface area contributed by atoms with Gasteiger partial charge < -0.3 is 14.6 Å². The molecule has 0 heterocycles. The average Bonchev–Trinajstić information content (AvgIpc) is 2.65. The Morgan fingerprint density at radius 3 is 2.81 bits per heavy atom. The second kappa shape index (κ2) is 7.36. The molecule has 2 aromatic rings. The Kier molecular flexibility index (Phi) is 5.14. The summed E-state index contributed by atoms with van der Waals surface area (Å²) < 4.78 is 5.62. The quantitative estimate of drug-likeness (QED) is 0.457. The highest BCUT2D eigenvalue weighted by Gasteiger charge is 2.38. The molecule has 0 saturated heterocycles. The van der Waals surface area contributed by atoms with Crippen LogP contribution < -0.4 is 4.74 Å². The van der Waals surface area contributed by atoms with Crippen LogP contribution in [0.2, 0.25) is 5.02 Å². The molecule has 3 rings (SSSR count). The lowest BCUT2D eigenvalue weighted by molar-refractivity contribution is -0.386. The molecule has 1 atom stereocenters. The van der Waals surface area contributed by atoms with Gasteiger partial charge in [-0.15, -0.1) is 0 Å². The van der Waals surface area contributed by atoms with E-state index in [-0.39, 0.29) is 17.9 Å². The van der Waals surface area contributed by atoms with Gasteiger partial charge in [-0.3, -0.25) is 10.1 Å². The molecule has 0 amide bonds. The minimum atomic E-state index is -1.34. The van der Waals surface area contributed by atoms with Crippen molar-refractivity contribution >= 4 is 29.5 Å². The van der Waals surface area contributed by atoms with Crippen LogP contribution in [-0.2, 0) is 16.6 Å². The van der Waals surface area contributed by atoms with Crippen molar-refractivity contribution in [2.45, 2.75) is 24.7 Å². The van der Waals surface area contributed by atoms with Crippen molar-refractivity contribution in [2.24, 2.45) is 0 Å². The van der Waals surface area contributed by atoms with Crippen LogP contribution in [-0.4, -0.2) is 28.9 Å². The van der Waals surface area contributed by atoms with E-state index in [9.17, 15) is 24.8 Å². The number of carbonyl (C=O) groups excluding carboxylic acids is 1. The van der Waals surface area contributed by atoms with Gasteiger partial charge in [0.05, 0.1) is 10.3 Å². The number of carboxylic acid groups (broad SMARTS) is 1. The summed E-state index contributed by atoms with van der Waals surface area (Å²) in [4.78, 5) is 34.0. The molecule has 1 aliphatic carbocycles. The fourth-order valence-electron chi connectivity index (χ4n) is 3.48. The number of nitro groups is 1. The standard InChI is InChI=1S/C19H16ClNO6/c20-13-6-7-15-12(9-13)3-2-8-19(15,10-22)11-27-17-14(18(23)24)4-1-5-16(17)21(25)26/h1,4-7,9-10H,2-3,8,11H2,(H,23,24). The van der Waals surface area contributed by atoms with Crippen molar-refractivity contribution in [2.75, 3.05) is 6.61 Å². The number of ether oxygens (including phenoxy) is 1. The second-order valence-corrected chi connectivity index (χ2v) is 6.87.